The van der Waals surface area contributed by atoms with Crippen molar-refractivity contribution in [3.8, 4) is 0 Å². The van der Waals surface area contributed by atoms with E-state index in [1.54, 1.807) is 20.8 Å². The Balaban J connectivity index is 5.65. The van der Waals surface area contributed by atoms with E-state index >= 15 is 0 Å². The van der Waals surface area contributed by atoms with Gasteiger partial charge in [0.2, 0.25) is 23.6 Å². The molecule has 9 N–H and O–H groups in total. The molecule has 7 atom stereocenters. The van der Waals surface area contributed by atoms with Gasteiger partial charge in [0, 0.05) is 6.42 Å². The first kappa shape index (κ1) is 30.3. The molecule has 12 nitrogen and oxygen atoms in total. The highest BCUT2D eigenvalue weighted by molar-refractivity contribution is 5.94. The Morgan fingerprint density at radius 3 is 1.76 bits per heavy atom. The molecule has 0 aromatic carbocycles. The third-order valence-corrected chi connectivity index (χ3v) is 5.71. The van der Waals surface area contributed by atoms with Crippen molar-refractivity contribution in [2.45, 2.75) is 90.6 Å². The molecule has 4 amide bonds. The van der Waals surface area contributed by atoms with Gasteiger partial charge in [-0.1, -0.05) is 40.5 Å². The smallest absolute Gasteiger partial charge is 0.328 e. The minimum atomic E-state index is -1.57. The van der Waals surface area contributed by atoms with Crippen LogP contribution >= 0.6 is 0 Å². The molecule has 0 saturated carbocycles. The van der Waals surface area contributed by atoms with Crippen LogP contribution in [0.15, 0.2) is 0 Å². The highest BCUT2D eigenvalue weighted by Crippen LogP contribution is 2.11. The van der Waals surface area contributed by atoms with Gasteiger partial charge in [0.1, 0.15) is 12.1 Å². The maximum atomic E-state index is 13.0. The molecule has 0 aromatic heterocycles. The van der Waals surface area contributed by atoms with Crippen LogP contribution in [0.1, 0.15) is 60.3 Å². The first-order valence-corrected chi connectivity index (χ1v) is 11.1. The Morgan fingerprint density at radius 1 is 0.818 bits per heavy atom. The quantitative estimate of drug-likeness (QED) is 0.150. The molecule has 12 heteroatoms. The van der Waals surface area contributed by atoms with Crippen LogP contribution in [0.4, 0.5) is 0 Å². The Labute approximate surface area is 194 Å². The van der Waals surface area contributed by atoms with Crippen molar-refractivity contribution in [1.82, 2.24) is 16.0 Å². The van der Waals surface area contributed by atoms with Crippen molar-refractivity contribution in [3.63, 3.8) is 0 Å². The van der Waals surface area contributed by atoms with Gasteiger partial charge >= 0.3 is 5.97 Å². The largest absolute Gasteiger partial charge is 0.480 e. The first-order valence-electron chi connectivity index (χ1n) is 11.1. The average molecular weight is 474 g/mol. The molecule has 0 radical (unpaired) electrons. The Morgan fingerprint density at radius 2 is 1.33 bits per heavy atom. The van der Waals surface area contributed by atoms with E-state index in [-0.39, 0.29) is 18.8 Å². The predicted octanol–water partition coefficient (Wildman–Crippen LogP) is -1.41. The molecule has 0 fully saturated rings. The molecule has 0 aliphatic heterocycles. The van der Waals surface area contributed by atoms with Crippen LogP contribution in [0.3, 0.4) is 0 Å². The topological polar surface area (TPSA) is 214 Å². The molecule has 0 aliphatic carbocycles. The lowest BCUT2D eigenvalue weighted by molar-refractivity contribution is -0.145. The second-order valence-corrected chi connectivity index (χ2v) is 8.41. The monoisotopic (exact) mass is 473 g/mol. The number of carbonyl (C=O) groups is 5. The summed E-state index contributed by atoms with van der Waals surface area (Å²) in [6.45, 7) is 8.32. The van der Waals surface area contributed by atoms with Crippen LogP contribution < -0.4 is 27.4 Å². The third kappa shape index (κ3) is 10.2. The van der Waals surface area contributed by atoms with Crippen LogP contribution in [-0.2, 0) is 24.0 Å². The molecular weight excluding hydrogens is 434 g/mol. The van der Waals surface area contributed by atoms with Crippen molar-refractivity contribution >= 4 is 29.6 Å². The molecule has 0 spiro atoms. The van der Waals surface area contributed by atoms with E-state index in [1.807, 2.05) is 6.92 Å². The highest BCUT2D eigenvalue weighted by atomic mass is 16.4. The van der Waals surface area contributed by atoms with E-state index in [1.165, 1.54) is 6.92 Å². The van der Waals surface area contributed by atoms with Crippen LogP contribution in [0.25, 0.3) is 0 Å². The second kappa shape index (κ2) is 14.4. The fourth-order valence-electron chi connectivity index (χ4n) is 2.92. The number of amides is 4. The minimum absolute atomic E-state index is 0.111. The summed E-state index contributed by atoms with van der Waals surface area (Å²) in [5.41, 5.74) is 11.1. The lowest BCUT2D eigenvalue weighted by Crippen LogP contribution is -2.60. The number of carboxylic acids is 1. The van der Waals surface area contributed by atoms with E-state index in [0.29, 0.717) is 12.8 Å². The number of hydrogen-bond acceptors (Lipinski definition) is 7. The zero-order valence-electron chi connectivity index (χ0n) is 20.0. The fraction of sp³-hybridized carbons (Fsp3) is 0.762. The Hall–Kier alpha value is -2.73. The van der Waals surface area contributed by atoms with Crippen LogP contribution in [-0.4, -0.2) is 70.1 Å². The van der Waals surface area contributed by atoms with E-state index in [9.17, 15) is 34.2 Å². The van der Waals surface area contributed by atoms with E-state index in [4.69, 9.17) is 11.5 Å². The van der Waals surface area contributed by atoms with Gasteiger partial charge in [0.05, 0.1) is 12.1 Å². The summed E-state index contributed by atoms with van der Waals surface area (Å²) in [6.07, 6.45) is -0.580. The zero-order valence-corrected chi connectivity index (χ0v) is 20.0. The van der Waals surface area contributed by atoms with Crippen LogP contribution in [0.5, 0.6) is 0 Å². The molecule has 0 saturated heterocycles. The van der Waals surface area contributed by atoms with Crippen molar-refractivity contribution in [3.05, 3.63) is 0 Å². The summed E-state index contributed by atoms with van der Waals surface area (Å²) in [6, 6.07) is -4.79. The third-order valence-electron chi connectivity index (χ3n) is 5.71. The molecule has 0 heterocycles. The van der Waals surface area contributed by atoms with Crippen molar-refractivity contribution in [2.24, 2.45) is 23.3 Å². The number of rotatable bonds is 15. The molecule has 0 bridgehead atoms. The maximum Gasteiger partial charge on any atom is 0.328 e. The lowest BCUT2D eigenvalue weighted by atomic mass is 9.96. The molecule has 0 aromatic rings. The summed E-state index contributed by atoms with van der Waals surface area (Å²) in [5.74, 6) is -4.81. The van der Waals surface area contributed by atoms with E-state index in [2.05, 4.69) is 16.0 Å². The summed E-state index contributed by atoms with van der Waals surface area (Å²) in [7, 11) is 0. The van der Waals surface area contributed by atoms with Gasteiger partial charge in [-0.2, -0.15) is 0 Å². The standard InChI is InChI=1S/C21H39N5O7/c1-6-10(3)15(23)19(30)24-13(8-9-14(22)28)18(29)25-16(11(4)7-2)20(31)26-17(12(5)27)21(32)33/h10-13,15-17,27H,6-9,23H2,1-5H3,(H2,22,28)(H,24,30)(H,25,29)(H,26,31)(H,32,33)/t10-,11-,12+,13-,15-,16-,17-/m0/s1. The highest BCUT2D eigenvalue weighted by Gasteiger charge is 2.34. The van der Waals surface area contributed by atoms with E-state index < -0.39 is 65.8 Å². The zero-order chi connectivity index (χ0) is 25.9. The van der Waals surface area contributed by atoms with Crippen LogP contribution in [0, 0.1) is 11.8 Å². The molecule has 0 aliphatic rings. The molecule has 0 unspecified atom stereocenters. The number of hydrogen-bond donors (Lipinski definition) is 7. The lowest BCUT2D eigenvalue weighted by Gasteiger charge is -2.29. The van der Waals surface area contributed by atoms with Gasteiger partial charge in [-0.15, -0.1) is 0 Å². The number of carbonyl (C=O) groups excluding carboxylic acids is 4. The molecule has 190 valence electrons. The van der Waals surface area contributed by atoms with Crippen molar-refractivity contribution in [1.29, 1.82) is 0 Å². The minimum Gasteiger partial charge on any atom is -0.480 e. The average Bonchev–Trinajstić information content (AvgIpc) is 2.75. The number of nitrogens with one attached hydrogen (secondary N) is 3. The van der Waals surface area contributed by atoms with Gasteiger partial charge < -0.3 is 37.6 Å². The normalized spacial score (nSPS) is 17.4. The van der Waals surface area contributed by atoms with E-state index in [0.717, 1.165) is 0 Å². The number of nitrogens with two attached hydrogens (primary N) is 2. The fourth-order valence-corrected chi connectivity index (χ4v) is 2.92. The Kier molecular flexibility index (Phi) is 13.2. The van der Waals surface area contributed by atoms with Gasteiger partial charge in [-0.3, -0.25) is 19.2 Å². The first-order chi connectivity index (χ1) is 15.3. The number of carboxylic acid groups (broad SMARTS) is 1. The Bertz CT molecular complexity index is 700. The van der Waals surface area contributed by atoms with Gasteiger partial charge in [0.25, 0.3) is 0 Å². The number of aliphatic carboxylic acids is 1. The molecular formula is C21H39N5O7. The van der Waals surface area contributed by atoms with Crippen LogP contribution in [0.2, 0.25) is 0 Å². The summed E-state index contributed by atoms with van der Waals surface area (Å²) in [4.78, 5) is 60.8. The number of aliphatic hydroxyl groups is 1. The summed E-state index contributed by atoms with van der Waals surface area (Å²) >= 11 is 0. The van der Waals surface area contributed by atoms with Gasteiger partial charge in [-0.05, 0) is 25.2 Å². The summed E-state index contributed by atoms with van der Waals surface area (Å²) in [5, 5.41) is 26.1. The summed E-state index contributed by atoms with van der Waals surface area (Å²) < 4.78 is 0. The predicted molar refractivity (Wildman–Crippen MR) is 120 cm³/mol. The number of primary amides is 1. The SMILES string of the molecule is CC[C@H](C)[C@H](N)C(=O)N[C@@H](CCC(N)=O)C(=O)N[C@H](C(=O)N[C@H](C(=O)O)[C@@H](C)O)[C@@H](C)CC. The van der Waals surface area contributed by atoms with Gasteiger partial charge in [-0.25, -0.2) is 4.79 Å². The maximum absolute atomic E-state index is 13.0. The molecule has 33 heavy (non-hydrogen) atoms. The van der Waals surface area contributed by atoms with Crippen molar-refractivity contribution < 1.29 is 34.2 Å². The molecule has 0 rings (SSSR count). The second-order valence-electron chi connectivity index (χ2n) is 8.41. The number of aliphatic hydroxyl groups excluding tert-OH is 1. The van der Waals surface area contributed by atoms with Gasteiger partial charge in [0.15, 0.2) is 6.04 Å². The van der Waals surface area contributed by atoms with Crippen molar-refractivity contribution in [2.75, 3.05) is 0 Å².